The van der Waals surface area contributed by atoms with E-state index >= 15 is 0 Å². The summed E-state index contributed by atoms with van der Waals surface area (Å²) in [7, 11) is -4.61. The van der Waals surface area contributed by atoms with Gasteiger partial charge in [-0.05, 0) is 83.5 Å². The summed E-state index contributed by atoms with van der Waals surface area (Å²) in [6, 6.07) is 0. The Bertz CT molecular complexity index is 1670. The molecule has 0 bridgehead atoms. The molecule has 1 unspecified atom stereocenters. The molecule has 0 fully saturated rings. The Morgan fingerprint density at radius 1 is 0.842 bits per heavy atom. The van der Waals surface area contributed by atoms with Crippen LogP contribution in [0.2, 0.25) is 0 Å². The summed E-state index contributed by atoms with van der Waals surface area (Å²) < 4.78 is 20.0. The average molecular weight is 516 g/mol. The Balaban J connectivity index is 0. The van der Waals surface area contributed by atoms with E-state index in [1.54, 1.807) is 0 Å². The fourth-order valence-electron chi connectivity index (χ4n) is 1.42. The van der Waals surface area contributed by atoms with Crippen LogP contribution in [0.4, 0.5) is 0 Å². The lowest BCUT2D eigenvalue weighted by molar-refractivity contribution is -0.219. The molecule has 0 aliphatic carbocycles. The Morgan fingerprint density at radius 3 is 1.76 bits per heavy atom. The van der Waals surface area contributed by atoms with E-state index in [4.69, 9.17) is 0 Å². The molecule has 1 N–H and O–H groups in total. The van der Waals surface area contributed by atoms with Crippen molar-refractivity contribution in [3.63, 3.8) is 0 Å². The zero-order valence-electron chi connectivity index (χ0n) is 19.8. The number of amides is 1. The van der Waals surface area contributed by atoms with Gasteiger partial charge in [0, 0.05) is 60.8 Å². The maximum atomic E-state index is 11.3. The lowest BCUT2D eigenvalue weighted by Gasteiger charge is -2.18. The van der Waals surface area contributed by atoms with Gasteiger partial charge in [-0.25, -0.2) is 0 Å². The molecule has 0 aliphatic heterocycles. The van der Waals surface area contributed by atoms with Crippen LogP contribution in [0.25, 0.3) is 0 Å². The van der Waals surface area contributed by atoms with Crippen LogP contribution in [0, 0.1) is 107 Å². The van der Waals surface area contributed by atoms with Gasteiger partial charge < -0.3 is 19.3 Å². The molecule has 6 nitrogen and oxygen atoms in total. The van der Waals surface area contributed by atoms with Crippen LogP contribution in [0.5, 0.6) is 0 Å². The second-order valence-corrected chi connectivity index (χ2v) is 6.80. The highest BCUT2D eigenvalue weighted by Crippen LogP contribution is 2.37. The predicted octanol–water partition coefficient (Wildman–Crippen LogP) is 1.83. The fourth-order valence-corrected chi connectivity index (χ4v) is 1.94. The summed E-state index contributed by atoms with van der Waals surface area (Å²) in [5.41, 5.74) is 11.1. The molecule has 1 atom stereocenters. The van der Waals surface area contributed by atoms with Crippen LogP contribution in [0.15, 0.2) is 35.1 Å². The number of phosphoric ester groups is 1. The molecule has 0 radical (unpaired) electrons. The molecule has 0 aromatic carbocycles. The fraction of sp³-hybridized carbons (Fsp3) is 0.194. The number of carbonyl (C=O) groups excluding carboxylic acids is 1. The second-order valence-electron chi connectivity index (χ2n) is 5.47. The molecule has 7 heteroatoms. The molecule has 0 aromatic rings. The summed E-state index contributed by atoms with van der Waals surface area (Å²) in [6.07, 6.45) is 2.53. The molecule has 0 spiro atoms. The SMILES string of the molecule is C.C=C=C=C=C=C(C#CC#CC#CC#CC#CC#CC#CC#CC#COP(=O)([O-])OCCNC(C)=O)CC. The van der Waals surface area contributed by atoms with Crippen molar-refractivity contribution in [2.45, 2.75) is 27.7 Å². The van der Waals surface area contributed by atoms with E-state index in [1.165, 1.54) is 6.92 Å². The van der Waals surface area contributed by atoms with Crippen molar-refractivity contribution in [3.8, 4) is 107 Å². The first-order valence-corrected chi connectivity index (χ1v) is 11.4. The van der Waals surface area contributed by atoms with Gasteiger partial charge in [-0.1, -0.05) is 20.1 Å². The maximum Gasteiger partial charge on any atom is 0.328 e. The number of phosphoric acid groups is 1. The van der Waals surface area contributed by atoms with Gasteiger partial charge in [0.05, 0.1) is 12.2 Å². The van der Waals surface area contributed by atoms with Crippen LogP contribution in [0.3, 0.4) is 0 Å². The van der Waals surface area contributed by atoms with Crippen molar-refractivity contribution in [3.05, 3.63) is 35.1 Å². The monoisotopic (exact) mass is 516 g/mol. The third-order valence-electron chi connectivity index (χ3n) is 2.80. The number of hydrogen-bond acceptors (Lipinski definition) is 5. The second kappa shape index (κ2) is 24.4. The number of allylic oxidation sites excluding steroid dienone is 1. The number of rotatable bonds is 6. The van der Waals surface area contributed by atoms with Crippen LogP contribution in [-0.2, 0) is 18.4 Å². The minimum atomic E-state index is -4.61. The summed E-state index contributed by atoms with van der Waals surface area (Å²) in [6.45, 7) is 6.30. The van der Waals surface area contributed by atoms with Crippen molar-refractivity contribution >= 4 is 13.7 Å². The lowest BCUT2D eigenvalue weighted by atomic mass is 10.2. The van der Waals surface area contributed by atoms with Gasteiger partial charge in [0.25, 0.3) is 0 Å². The number of nitrogens with one attached hydrogen (secondary N) is 1. The maximum absolute atomic E-state index is 11.3. The molecular formula is C31H19NO5P-. The molecule has 0 aliphatic rings. The summed E-state index contributed by atoms with van der Waals surface area (Å²) in [5, 5.41) is 2.36. The molecule has 0 heterocycles. The third-order valence-corrected chi connectivity index (χ3v) is 3.62. The van der Waals surface area contributed by atoms with Crippen LogP contribution in [-0.4, -0.2) is 19.1 Å². The number of carbonyl (C=O) groups is 1. The normalized spacial score (nSPS) is 7.87. The Hall–Kier alpha value is -5.68. The summed E-state index contributed by atoms with van der Waals surface area (Å²) in [4.78, 5) is 22.0. The quantitative estimate of drug-likeness (QED) is 0.252. The van der Waals surface area contributed by atoms with Crippen LogP contribution >= 0.6 is 7.82 Å². The first-order chi connectivity index (χ1) is 17.9. The molecule has 1 amide bonds. The molecule has 38 heavy (non-hydrogen) atoms. The molecule has 0 aromatic heterocycles. The summed E-state index contributed by atoms with van der Waals surface area (Å²) in [5.74, 6) is 41.4. The molecular weight excluding hydrogens is 497 g/mol. The molecule has 184 valence electrons. The van der Waals surface area contributed by atoms with Crippen LogP contribution < -0.4 is 10.2 Å². The van der Waals surface area contributed by atoms with Crippen molar-refractivity contribution in [1.82, 2.24) is 5.32 Å². The minimum Gasteiger partial charge on any atom is -0.746 e. The summed E-state index contributed by atoms with van der Waals surface area (Å²) >= 11 is 0. The van der Waals surface area contributed by atoms with E-state index in [1.807, 2.05) is 13.0 Å². The topological polar surface area (TPSA) is 87.7 Å². The third kappa shape index (κ3) is 25.0. The first-order valence-electron chi connectivity index (χ1n) is 9.94. The van der Waals surface area contributed by atoms with Crippen molar-refractivity contribution in [2.24, 2.45) is 0 Å². The highest BCUT2D eigenvalue weighted by molar-refractivity contribution is 7.46. The zero-order valence-corrected chi connectivity index (χ0v) is 20.7. The van der Waals surface area contributed by atoms with Crippen molar-refractivity contribution < 1.29 is 23.3 Å². The highest BCUT2D eigenvalue weighted by Gasteiger charge is 2.07. The van der Waals surface area contributed by atoms with Gasteiger partial charge in [-0.15, -0.1) is 0 Å². The van der Waals surface area contributed by atoms with Gasteiger partial charge in [0.2, 0.25) is 5.91 Å². The smallest absolute Gasteiger partial charge is 0.328 e. The van der Waals surface area contributed by atoms with Gasteiger partial charge in [0.1, 0.15) is 6.11 Å². The largest absolute Gasteiger partial charge is 0.746 e. The Kier molecular flexibility index (Phi) is 22.2. The van der Waals surface area contributed by atoms with E-state index in [-0.39, 0.29) is 26.5 Å². The predicted molar refractivity (Wildman–Crippen MR) is 144 cm³/mol. The highest BCUT2D eigenvalue weighted by atomic mass is 31.2. The lowest BCUT2D eigenvalue weighted by Crippen LogP contribution is -2.24. The van der Waals surface area contributed by atoms with Gasteiger partial charge in [-0.2, -0.15) is 0 Å². The Morgan fingerprint density at radius 2 is 1.32 bits per heavy atom. The molecule has 0 saturated heterocycles. The van der Waals surface area contributed by atoms with E-state index in [2.05, 4.69) is 145 Å². The van der Waals surface area contributed by atoms with Crippen molar-refractivity contribution in [2.75, 3.05) is 13.2 Å². The van der Waals surface area contributed by atoms with Gasteiger partial charge in [0.15, 0.2) is 0 Å². The van der Waals surface area contributed by atoms with Crippen LogP contribution in [0.1, 0.15) is 27.7 Å². The van der Waals surface area contributed by atoms with E-state index in [0.717, 1.165) is 0 Å². The van der Waals surface area contributed by atoms with Gasteiger partial charge >= 0.3 is 7.82 Å². The molecule has 0 rings (SSSR count). The van der Waals surface area contributed by atoms with E-state index in [0.29, 0.717) is 12.0 Å². The molecule has 0 saturated carbocycles. The minimum absolute atomic E-state index is 0. The average Bonchev–Trinajstić information content (AvgIpc) is 2.86. The number of hydrogen-bond donors (Lipinski definition) is 1. The zero-order chi connectivity index (χ0) is 27.5. The standard InChI is InChI=1S/C30H16NO5P.CH4/c1-4-6-21-24-30(5-2)25-22-19-17-15-13-11-9-7-8-10-12-14-16-18-20-23-27-35-37(33,34)36-28-26-31-29(3)32;/h1,5,26,28H2,2-3H3,(H,31,32)(H,33,34);1H4/p-1. The Labute approximate surface area is 225 Å². The van der Waals surface area contributed by atoms with E-state index < -0.39 is 7.82 Å². The first kappa shape index (κ1) is 34.5. The van der Waals surface area contributed by atoms with Gasteiger partial charge in [-0.3, -0.25) is 9.36 Å². The van der Waals surface area contributed by atoms with E-state index in [9.17, 15) is 14.3 Å². The van der Waals surface area contributed by atoms with Crippen molar-refractivity contribution in [1.29, 1.82) is 0 Å².